The lowest BCUT2D eigenvalue weighted by atomic mass is 10.0. The maximum absolute atomic E-state index is 12.5. The molecule has 6 nitrogen and oxygen atoms in total. The molecule has 0 amide bonds. The molecule has 0 unspecified atom stereocenters. The van der Waals surface area contributed by atoms with Crippen molar-refractivity contribution in [1.82, 2.24) is 0 Å². The molecule has 0 saturated carbocycles. The summed E-state index contributed by atoms with van der Waals surface area (Å²) in [5, 5.41) is 0. The van der Waals surface area contributed by atoms with E-state index in [1.807, 2.05) is 0 Å². The van der Waals surface area contributed by atoms with Gasteiger partial charge >= 0.3 is 17.9 Å². The molecule has 6 heteroatoms. The van der Waals surface area contributed by atoms with Gasteiger partial charge in [0.1, 0.15) is 13.2 Å². The fourth-order valence-electron chi connectivity index (χ4n) is 6.58. The van der Waals surface area contributed by atoms with Crippen LogP contribution in [0.2, 0.25) is 0 Å². The summed E-state index contributed by atoms with van der Waals surface area (Å²) in [6.45, 7) is 11.2. The Morgan fingerprint density at radius 2 is 0.647 bits per heavy atom. The molecule has 0 aliphatic heterocycles. The van der Waals surface area contributed by atoms with E-state index in [-0.39, 0.29) is 31.1 Å². The summed E-state index contributed by atoms with van der Waals surface area (Å²) < 4.78 is 16.6. The zero-order valence-corrected chi connectivity index (χ0v) is 34.7. The molecule has 0 aromatic rings. The molecule has 0 aliphatic rings. The van der Waals surface area contributed by atoms with E-state index in [2.05, 4.69) is 34.6 Å². The molecule has 0 aliphatic carbocycles. The van der Waals surface area contributed by atoms with Gasteiger partial charge in [-0.05, 0) is 31.1 Å². The smallest absolute Gasteiger partial charge is 0.306 e. The third-order valence-electron chi connectivity index (χ3n) is 9.97. The number of rotatable bonds is 39. The first-order valence-corrected chi connectivity index (χ1v) is 22.2. The Kier molecular flexibility index (Phi) is 37.0. The Labute approximate surface area is 317 Å². The maximum Gasteiger partial charge on any atom is 0.306 e. The Morgan fingerprint density at radius 3 is 0.961 bits per heavy atom. The van der Waals surface area contributed by atoms with Gasteiger partial charge in [-0.1, -0.05) is 202 Å². The zero-order chi connectivity index (χ0) is 37.6. The van der Waals surface area contributed by atoms with E-state index in [0.717, 1.165) is 76.0 Å². The summed E-state index contributed by atoms with van der Waals surface area (Å²) in [5.41, 5.74) is 0. The van der Waals surface area contributed by atoms with Crippen molar-refractivity contribution >= 4 is 17.9 Å². The number of esters is 3. The van der Waals surface area contributed by atoms with Crippen LogP contribution < -0.4 is 0 Å². The topological polar surface area (TPSA) is 78.9 Å². The lowest BCUT2D eigenvalue weighted by molar-refractivity contribution is -0.167. The predicted molar refractivity (Wildman–Crippen MR) is 215 cm³/mol. The summed E-state index contributed by atoms with van der Waals surface area (Å²) in [6.07, 6.45) is 35.5. The minimum Gasteiger partial charge on any atom is -0.462 e. The summed E-state index contributed by atoms with van der Waals surface area (Å²) in [4.78, 5) is 37.4. The van der Waals surface area contributed by atoms with Gasteiger partial charge in [-0.25, -0.2) is 0 Å². The molecule has 51 heavy (non-hydrogen) atoms. The first-order valence-electron chi connectivity index (χ1n) is 22.2. The van der Waals surface area contributed by atoms with Crippen molar-refractivity contribution in [2.24, 2.45) is 11.8 Å². The van der Waals surface area contributed by atoms with E-state index in [0.29, 0.717) is 19.3 Å². The van der Waals surface area contributed by atoms with Gasteiger partial charge < -0.3 is 14.2 Å². The molecular weight excluding hydrogens is 636 g/mol. The predicted octanol–water partition coefficient (Wildman–Crippen LogP) is 13.8. The third-order valence-corrected chi connectivity index (χ3v) is 9.97. The van der Waals surface area contributed by atoms with Crippen molar-refractivity contribution in [1.29, 1.82) is 0 Å². The fourth-order valence-corrected chi connectivity index (χ4v) is 6.58. The Bertz CT molecular complexity index is 779. The molecule has 0 radical (unpaired) electrons. The summed E-state index contributed by atoms with van der Waals surface area (Å²) >= 11 is 0. The largest absolute Gasteiger partial charge is 0.462 e. The Morgan fingerprint density at radius 1 is 0.373 bits per heavy atom. The minimum atomic E-state index is -0.758. The molecule has 0 rings (SSSR count). The molecule has 0 heterocycles. The second-order valence-corrected chi connectivity index (χ2v) is 16.3. The van der Waals surface area contributed by atoms with Crippen LogP contribution in [0.25, 0.3) is 0 Å². The molecular formula is C45H86O6. The van der Waals surface area contributed by atoms with Crippen LogP contribution in [-0.4, -0.2) is 37.2 Å². The highest BCUT2D eigenvalue weighted by molar-refractivity contribution is 5.71. The number of carbonyl (C=O) groups excluding carboxylic acids is 3. The number of hydrogen-bond acceptors (Lipinski definition) is 6. The van der Waals surface area contributed by atoms with E-state index in [1.165, 1.54) is 122 Å². The van der Waals surface area contributed by atoms with Crippen LogP contribution in [0.3, 0.4) is 0 Å². The number of carbonyl (C=O) groups is 3. The average molecular weight is 723 g/mol. The summed E-state index contributed by atoms with van der Waals surface area (Å²) in [6, 6.07) is 0. The van der Waals surface area contributed by atoms with E-state index in [9.17, 15) is 14.4 Å². The monoisotopic (exact) mass is 723 g/mol. The van der Waals surface area contributed by atoms with Gasteiger partial charge in [0.2, 0.25) is 0 Å². The van der Waals surface area contributed by atoms with Crippen LogP contribution in [0.15, 0.2) is 0 Å². The highest BCUT2D eigenvalue weighted by atomic mass is 16.6. The molecule has 0 saturated heterocycles. The van der Waals surface area contributed by atoms with Crippen molar-refractivity contribution in [3.05, 3.63) is 0 Å². The van der Waals surface area contributed by atoms with Gasteiger partial charge in [0, 0.05) is 19.3 Å². The Balaban J connectivity index is 4.15. The van der Waals surface area contributed by atoms with Crippen LogP contribution in [-0.2, 0) is 28.6 Å². The quantitative estimate of drug-likeness (QED) is 0.0357. The number of hydrogen-bond donors (Lipinski definition) is 0. The van der Waals surface area contributed by atoms with Gasteiger partial charge in [0.05, 0.1) is 0 Å². The fraction of sp³-hybridized carbons (Fsp3) is 0.933. The first kappa shape index (κ1) is 49.4. The highest BCUT2D eigenvalue weighted by Gasteiger charge is 2.19. The summed E-state index contributed by atoms with van der Waals surface area (Å²) in [7, 11) is 0. The molecule has 0 spiro atoms. The molecule has 0 bridgehead atoms. The highest BCUT2D eigenvalue weighted by Crippen LogP contribution is 2.16. The second kappa shape index (κ2) is 38.1. The molecule has 0 aromatic carbocycles. The average Bonchev–Trinajstić information content (AvgIpc) is 3.09. The number of unbranched alkanes of at least 4 members (excludes halogenated alkanes) is 24. The van der Waals surface area contributed by atoms with Crippen LogP contribution in [0.4, 0.5) is 0 Å². The van der Waals surface area contributed by atoms with E-state index in [1.54, 1.807) is 0 Å². The summed E-state index contributed by atoms with van der Waals surface area (Å²) in [5.74, 6) is 0.779. The van der Waals surface area contributed by atoms with Crippen molar-refractivity contribution in [2.45, 2.75) is 246 Å². The van der Waals surface area contributed by atoms with Crippen molar-refractivity contribution in [3.63, 3.8) is 0 Å². The molecule has 1 atom stereocenters. The molecule has 302 valence electrons. The molecule has 0 fully saturated rings. The van der Waals surface area contributed by atoms with Gasteiger partial charge in [-0.3, -0.25) is 14.4 Å². The van der Waals surface area contributed by atoms with Crippen LogP contribution in [0.5, 0.6) is 0 Å². The molecule has 0 N–H and O–H groups in total. The van der Waals surface area contributed by atoms with E-state index >= 15 is 0 Å². The van der Waals surface area contributed by atoms with Crippen LogP contribution in [0.1, 0.15) is 240 Å². The van der Waals surface area contributed by atoms with Crippen LogP contribution >= 0.6 is 0 Å². The third kappa shape index (κ3) is 39.5. The lowest BCUT2D eigenvalue weighted by Crippen LogP contribution is -2.30. The zero-order valence-electron chi connectivity index (χ0n) is 34.7. The normalized spacial score (nSPS) is 12.1. The van der Waals surface area contributed by atoms with E-state index in [4.69, 9.17) is 14.2 Å². The van der Waals surface area contributed by atoms with Gasteiger partial charge in [0.25, 0.3) is 0 Å². The second-order valence-electron chi connectivity index (χ2n) is 16.3. The van der Waals surface area contributed by atoms with Crippen molar-refractivity contribution in [2.75, 3.05) is 13.2 Å². The van der Waals surface area contributed by atoms with Crippen molar-refractivity contribution < 1.29 is 28.6 Å². The van der Waals surface area contributed by atoms with Crippen LogP contribution in [0, 0.1) is 11.8 Å². The minimum absolute atomic E-state index is 0.0663. The Hall–Kier alpha value is -1.59. The van der Waals surface area contributed by atoms with Gasteiger partial charge in [-0.15, -0.1) is 0 Å². The van der Waals surface area contributed by atoms with Crippen molar-refractivity contribution in [3.8, 4) is 0 Å². The standard InChI is InChI=1S/C45H86O6/c1-6-7-8-23-32-37-45(48)51-42(39-50-44(47)36-31-27-22-18-14-13-16-20-25-29-34-41(4)5)38-49-43(46)35-30-26-21-17-12-10-9-11-15-19-24-28-33-40(2)3/h40-42H,6-39H2,1-5H3/t42-/m1/s1. The molecule has 0 aromatic heterocycles. The maximum atomic E-state index is 12.5. The number of ether oxygens (including phenoxy) is 3. The first-order chi connectivity index (χ1) is 24.7. The van der Waals surface area contributed by atoms with Gasteiger partial charge in [-0.2, -0.15) is 0 Å². The lowest BCUT2D eigenvalue weighted by Gasteiger charge is -2.18. The van der Waals surface area contributed by atoms with Gasteiger partial charge in [0.15, 0.2) is 6.10 Å². The SMILES string of the molecule is CCCCCCCC(=O)O[C@H](COC(=O)CCCCCCCCCCCCCCC(C)C)COC(=O)CCCCCCCCCCCCC(C)C. The van der Waals surface area contributed by atoms with E-state index < -0.39 is 6.10 Å².